The molecule has 0 aromatic heterocycles. The summed E-state index contributed by atoms with van der Waals surface area (Å²) in [6.45, 7) is 4.21. The molecule has 5 saturated carbocycles. The van der Waals surface area contributed by atoms with Gasteiger partial charge in [0.25, 0.3) is 0 Å². The molecule has 33 heavy (non-hydrogen) atoms. The second kappa shape index (κ2) is 7.95. The number of nitrogens with two attached hydrogens (primary N) is 1. The first-order valence-corrected chi connectivity index (χ1v) is 13.0. The van der Waals surface area contributed by atoms with E-state index in [1.165, 1.54) is 0 Å². The summed E-state index contributed by atoms with van der Waals surface area (Å²) in [5, 5.41) is 9.60. The predicted molar refractivity (Wildman–Crippen MR) is 124 cm³/mol. The van der Waals surface area contributed by atoms with Gasteiger partial charge in [-0.3, -0.25) is 14.5 Å². The molecule has 1 heterocycles. The molecule has 7 nitrogen and oxygen atoms in total. The number of nitrogens with zero attached hydrogens (tertiary/aromatic N) is 3. The molecule has 0 spiro atoms. The van der Waals surface area contributed by atoms with Crippen molar-refractivity contribution in [3.8, 4) is 6.07 Å². The summed E-state index contributed by atoms with van der Waals surface area (Å²) in [6, 6.07) is 1.34. The maximum Gasteiger partial charge on any atom is 0.324 e. The van der Waals surface area contributed by atoms with E-state index < -0.39 is 11.6 Å². The Morgan fingerprint density at radius 2 is 1.85 bits per heavy atom. The maximum atomic E-state index is 13.7. The zero-order valence-corrected chi connectivity index (χ0v) is 20.6. The van der Waals surface area contributed by atoms with Crippen molar-refractivity contribution in [2.24, 2.45) is 34.8 Å². The molecule has 1 aliphatic heterocycles. The van der Waals surface area contributed by atoms with Crippen LogP contribution in [-0.4, -0.2) is 65.5 Å². The smallest absolute Gasteiger partial charge is 0.324 e. The van der Waals surface area contributed by atoms with E-state index in [2.05, 4.69) is 19.9 Å². The number of nitriles is 1. The summed E-state index contributed by atoms with van der Waals surface area (Å²) < 4.78 is 6.44. The van der Waals surface area contributed by atoms with Crippen LogP contribution in [0.4, 0.5) is 0 Å². The highest BCUT2D eigenvalue weighted by molar-refractivity contribution is 5.84. The minimum atomic E-state index is -0.615. The summed E-state index contributed by atoms with van der Waals surface area (Å²) in [5.41, 5.74) is 5.99. The van der Waals surface area contributed by atoms with Crippen molar-refractivity contribution in [2.75, 3.05) is 14.1 Å². The van der Waals surface area contributed by atoms with Gasteiger partial charge in [-0.15, -0.1) is 0 Å². The Morgan fingerprint density at radius 1 is 1.18 bits per heavy atom. The molecule has 5 aliphatic carbocycles. The van der Waals surface area contributed by atoms with Crippen molar-refractivity contribution in [2.45, 2.75) is 101 Å². The summed E-state index contributed by atoms with van der Waals surface area (Å²) in [4.78, 5) is 30.9. The summed E-state index contributed by atoms with van der Waals surface area (Å²) in [7, 11) is 3.89. The van der Waals surface area contributed by atoms with Crippen molar-refractivity contribution in [1.82, 2.24) is 9.80 Å². The number of likely N-dealkylation sites (N-methyl/N-ethyl adjacent to an activating group) is 1. The number of ether oxygens (including phenoxy) is 1. The van der Waals surface area contributed by atoms with Crippen LogP contribution >= 0.6 is 0 Å². The molecule has 2 N–H and O–H groups in total. The first-order valence-electron chi connectivity index (χ1n) is 13.0. The van der Waals surface area contributed by atoms with Crippen molar-refractivity contribution < 1.29 is 14.3 Å². The molecule has 182 valence electrons. The molecule has 0 aromatic rings. The molecule has 6 fully saturated rings. The monoisotopic (exact) mass is 456 g/mol. The quantitative estimate of drug-likeness (QED) is 0.591. The van der Waals surface area contributed by atoms with Gasteiger partial charge in [-0.05, 0) is 94.5 Å². The second-order valence-electron chi connectivity index (χ2n) is 12.4. The van der Waals surface area contributed by atoms with E-state index in [-0.39, 0.29) is 41.3 Å². The van der Waals surface area contributed by atoms with E-state index in [0.29, 0.717) is 24.2 Å². The van der Waals surface area contributed by atoms with E-state index in [9.17, 15) is 14.9 Å². The number of carbonyl (C=O) groups is 2. The number of carbonyl (C=O) groups excluding carboxylic acids is 2. The Labute approximate surface area is 198 Å². The molecule has 7 unspecified atom stereocenters. The molecule has 1 amide bonds. The second-order valence-corrected chi connectivity index (χ2v) is 12.4. The van der Waals surface area contributed by atoms with E-state index in [1.807, 2.05) is 23.9 Å². The van der Waals surface area contributed by atoms with Crippen LogP contribution in [0.3, 0.4) is 0 Å². The molecule has 0 radical (unpaired) electrons. The van der Waals surface area contributed by atoms with Gasteiger partial charge in [-0.1, -0.05) is 20.3 Å². The predicted octanol–water partition coefficient (Wildman–Crippen LogP) is 2.69. The molecule has 4 bridgehead atoms. The lowest BCUT2D eigenvalue weighted by Gasteiger charge is -2.62. The Hall–Kier alpha value is -1.65. The molecule has 6 aliphatic rings. The van der Waals surface area contributed by atoms with Gasteiger partial charge in [-0.2, -0.15) is 5.26 Å². The van der Waals surface area contributed by atoms with Gasteiger partial charge in [0.2, 0.25) is 5.91 Å². The van der Waals surface area contributed by atoms with Crippen LogP contribution < -0.4 is 5.73 Å². The van der Waals surface area contributed by atoms with Crippen LogP contribution in [0.15, 0.2) is 0 Å². The number of amides is 1. The van der Waals surface area contributed by atoms with Gasteiger partial charge >= 0.3 is 5.97 Å². The number of hydrogen-bond acceptors (Lipinski definition) is 6. The largest absolute Gasteiger partial charge is 0.458 e. The van der Waals surface area contributed by atoms with Gasteiger partial charge in [0.05, 0.1) is 12.1 Å². The molecule has 0 aromatic carbocycles. The highest BCUT2D eigenvalue weighted by Crippen LogP contribution is 2.64. The highest BCUT2D eigenvalue weighted by atomic mass is 16.6. The number of esters is 1. The topological polar surface area (TPSA) is 99.7 Å². The van der Waals surface area contributed by atoms with Crippen LogP contribution in [0.25, 0.3) is 0 Å². The number of rotatable bonds is 7. The summed E-state index contributed by atoms with van der Waals surface area (Å²) >= 11 is 0. The standard InChI is InChI=1S/C26H40N4O3/c1-5-15(2)21(29(3)4)24(32)33-26-11-16-6-17(12-26)10-25(9-16,14-26)22(28)23(31)30-19(13-27)7-18-8-20(18)30/h15-22H,5-12,14,28H2,1-4H3/t15?,16-,17?,18?,19-,20?,21?,22+,25?,26?/m0/s1. The Bertz CT molecular complexity index is 852. The van der Waals surface area contributed by atoms with Crippen LogP contribution in [0, 0.1) is 40.4 Å². The third-order valence-corrected chi connectivity index (χ3v) is 9.78. The number of piperidine rings is 1. The van der Waals surface area contributed by atoms with Crippen molar-refractivity contribution in [3.63, 3.8) is 0 Å². The van der Waals surface area contributed by atoms with E-state index in [4.69, 9.17) is 10.5 Å². The Balaban J connectivity index is 1.37. The zero-order chi connectivity index (χ0) is 23.7. The minimum absolute atomic E-state index is 0.0410. The average molecular weight is 457 g/mol. The van der Waals surface area contributed by atoms with Gasteiger partial charge in [0, 0.05) is 6.04 Å². The SMILES string of the molecule is CCC(C)C(C(=O)OC12CC3C[C@H](C1)CC([C@H](N)C(=O)N1C4CC4C[C@H]1C#N)(C3)C2)N(C)C. The fourth-order valence-electron chi connectivity index (χ4n) is 8.49. The average Bonchev–Trinajstić information content (AvgIpc) is 3.40. The van der Waals surface area contributed by atoms with E-state index in [1.54, 1.807) is 0 Å². The Kier molecular flexibility index (Phi) is 5.57. The van der Waals surface area contributed by atoms with E-state index >= 15 is 0 Å². The zero-order valence-electron chi connectivity index (χ0n) is 20.6. The fourth-order valence-corrected chi connectivity index (χ4v) is 8.49. The lowest BCUT2D eigenvalue weighted by atomic mass is 9.46. The van der Waals surface area contributed by atoms with Crippen molar-refractivity contribution in [3.05, 3.63) is 0 Å². The lowest BCUT2D eigenvalue weighted by molar-refractivity contribution is -0.210. The number of hydrogen-bond donors (Lipinski definition) is 1. The molecule has 7 heteroatoms. The normalized spacial score (nSPS) is 43.1. The molecule has 6 rings (SSSR count). The Morgan fingerprint density at radius 3 is 2.42 bits per heavy atom. The first kappa shape index (κ1) is 23.1. The van der Waals surface area contributed by atoms with Gasteiger partial charge < -0.3 is 15.4 Å². The van der Waals surface area contributed by atoms with Crippen LogP contribution in [0.1, 0.15) is 71.6 Å². The first-order chi connectivity index (χ1) is 15.6. The highest BCUT2D eigenvalue weighted by Gasteiger charge is 2.64. The van der Waals surface area contributed by atoms with Crippen LogP contribution in [0.5, 0.6) is 0 Å². The lowest BCUT2D eigenvalue weighted by Crippen LogP contribution is -2.66. The number of likely N-dealkylation sites (tertiary alicyclic amines) is 1. The fraction of sp³-hybridized carbons (Fsp3) is 0.885. The molecular weight excluding hydrogens is 416 g/mol. The third-order valence-electron chi connectivity index (χ3n) is 9.78. The van der Waals surface area contributed by atoms with Crippen LogP contribution in [0.2, 0.25) is 0 Å². The molecular formula is C26H40N4O3. The molecule has 1 saturated heterocycles. The summed E-state index contributed by atoms with van der Waals surface area (Å²) in [5.74, 6) is 1.44. The van der Waals surface area contributed by atoms with Gasteiger partial charge in [-0.25, -0.2) is 0 Å². The van der Waals surface area contributed by atoms with E-state index in [0.717, 1.165) is 51.4 Å². The van der Waals surface area contributed by atoms with Crippen molar-refractivity contribution >= 4 is 11.9 Å². The van der Waals surface area contributed by atoms with Crippen molar-refractivity contribution in [1.29, 1.82) is 5.26 Å². The number of fused-ring (bicyclic) bond motifs is 1. The summed E-state index contributed by atoms with van der Waals surface area (Å²) in [6.07, 6.45) is 8.23. The third kappa shape index (κ3) is 3.69. The molecule has 10 atom stereocenters. The van der Waals surface area contributed by atoms with Crippen LogP contribution in [-0.2, 0) is 14.3 Å². The maximum absolute atomic E-state index is 13.7. The van der Waals surface area contributed by atoms with Gasteiger partial charge in [0.1, 0.15) is 17.7 Å². The minimum Gasteiger partial charge on any atom is -0.458 e. The van der Waals surface area contributed by atoms with Gasteiger partial charge in [0.15, 0.2) is 0 Å².